The number of nitrogens with one attached hydrogen (secondary N) is 3. The number of benzene rings is 1. The zero-order chi connectivity index (χ0) is 25.8. The summed E-state index contributed by atoms with van der Waals surface area (Å²) in [6.45, 7) is 8.91. The number of hydrogen-bond donors (Lipinski definition) is 3. The summed E-state index contributed by atoms with van der Waals surface area (Å²) in [7, 11) is 2.13. The summed E-state index contributed by atoms with van der Waals surface area (Å²) in [5.41, 5.74) is 4.44. The van der Waals surface area contributed by atoms with Crippen LogP contribution in [0.4, 0.5) is 28.4 Å². The van der Waals surface area contributed by atoms with Gasteiger partial charge >= 0.3 is 0 Å². The van der Waals surface area contributed by atoms with Crippen LogP contribution in [0.3, 0.4) is 0 Å². The normalized spacial score (nSPS) is 16.5. The number of ether oxygens (including phenoxy) is 1. The number of morpholine rings is 1. The molecule has 0 spiro atoms. The molecule has 0 saturated carbocycles. The maximum absolute atomic E-state index is 13.2. The van der Waals surface area contributed by atoms with E-state index in [2.05, 4.69) is 42.3 Å². The number of likely N-dealkylation sites (N-methyl/N-ethyl adjacent to an activating group) is 1. The highest BCUT2D eigenvalue weighted by Crippen LogP contribution is 2.29. The maximum Gasteiger partial charge on any atom is 0.263 e. The quantitative estimate of drug-likeness (QED) is 0.472. The molecule has 4 heterocycles. The number of hydrogen-bond acceptors (Lipinski definition) is 8. The Morgan fingerprint density at radius 2 is 1.68 bits per heavy atom. The first-order valence-corrected chi connectivity index (χ1v) is 12.6. The van der Waals surface area contributed by atoms with Gasteiger partial charge in [-0.15, -0.1) is 0 Å². The predicted molar refractivity (Wildman–Crippen MR) is 146 cm³/mol. The Labute approximate surface area is 216 Å². The highest BCUT2D eigenvalue weighted by molar-refractivity contribution is 6.08. The lowest BCUT2D eigenvalue weighted by molar-refractivity contribution is 0.102. The topological polar surface area (TPSA) is 106 Å². The number of H-pyrrole nitrogens is 1. The molecule has 2 aromatic heterocycles. The summed E-state index contributed by atoms with van der Waals surface area (Å²) >= 11 is 0. The molecule has 1 amide bonds. The van der Waals surface area contributed by atoms with Gasteiger partial charge in [-0.05, 0) is 49.9 Å². The molecule has 0 aliphatic carbocycles. The average molecular weight is 504 g/mol. The molecule has 5 rings (SSSR count). The third-order valence-corrected chi connectivity index (χ3v) is 6.99. The van der Waals surface area contributed by atoms with E-state index in [1.807, 2.05) is 37.4 Å². The Bertz CT molecular complexity index is 1290. The SMILES string of the molecule is Cc1c(Nc2cc[nH]c(=O)c2C(=O)Nc2ccc(N3CCN(C)CC3)cc2)cncc1N1CCOCC1. The summed E-state index contributed by atoms with van der Waals surface area (Å²) < 4.78 is 5.47. The standard InChI is InChI=1S/C27H33N7O3/c1-19-23(17-28-18-24(19)34-13-15-37-16-14-34)31-22-7-8-29-26(35)25(22)27(36)30-20-3-5-21(6-4-20)33-11-9-32(2)10-12-33/h3-8,17-18H,9-16H2,1-2H3,(H,30,36)(H2,29,31,35). The smallest absolute Gasteiger partial charge is 0.263 e. The van der Waals surface area contributed by atoms with E-state index in [4.69, 9.17) is 4.74 Å². The summed E-state index contributed by atoms with van der Waals surface area (Å²) in [4.78, 5) is 39.9. The molecule has 2 saturated heterocycles. The molecular formula is C27H33N7O3. The molecule has 10 nitrogen and oxygen atoms in total. The largest absolute Gasteiger partial charge is 0.378 e. The van der Waals surface area contributed by atoms with Crippen molar-refractivity contribution in [2.75, 3.05) is 80.0 Å². The molecule has 194 valence electrons. The number of aromatic nitrogens is 2. The third-order valence-electron chi connectivity index (χ3n) is 6.99. The van der Waals surface area contributed by atoms with Crippen LogP contribution in [0.15, 0.2) is 53.7 Å². The van der Waals surface area contributed by atoms with Crippen molar-refractivity contribution in [1.82, 2.24) is 14.9 Å². The van der Waals surface area contributed by atoms with E-state index in [9.17, 15) is 9.59 Å². The van der Waals surface area contributed by atoms with Crippen LogP contribution < -0.4 is 26.0 Å². The van der Waals surface area contributed by atoms with Gasteiger partial charge in [0.05, 0.1) is 42.7 Å². The molecule has 1 aromatic carbocycles. The molecule has 0 unspecified atom stereocenters. The van der Waals surface area contributed by atoms with Crippen molar-refractivity contribution in [1.29, 1.82) is 0 Å². The second-order valence-corrected chi connectivity index (χ2v) is 9.44. The Balaban J connectivity index is 1.33. The van der Waals surface area contributed by atoms with Crippen LogP contribution in [-0.4, -0.2) is 80.3 Å². The van der Waals surface area contributed by atoms with Gasteiger partial charge in [-0.2, -0.15) is 0 Å². The number of pyridine rings is 2. The number of carbonyl (C=O) groups is 1. The average Bonchev–Trinajstić information content (AvgIpc) is 2.91. The second-order valence-electron chi connectivity index (χ2n) is 9.44. The van der Waals surface area contributed by atoms with Crippen molar-refractivity contribution >= 4 is 34.3 Å². The lowest BCUT2D eigenvalue weighted by Crippen LogP contribution is -2.44. The van der Waals surface area contributed by atoms with E-state index in [1.54, 1.807) is 12.3 Å². The van der Waals surface area contributed by atoms with E-state index in [0.29, 0.717) is 24.6 Å². The number of anilines is 5. The maximum atomic E-state index is 13.2. The van der Waals surface area contributed by atoms with E-state index in [-0.39, 0.29) is 5.56 Å². The highest BCUT2D eigenvalue weighted by atomic mass is 16.5. The fourth-order valence-corrected chi connectivity index (χ4v) is 4.73. The zero-order valence-corrected chi connectivity index (χ0v) is 21.3. The third kappa shape index (κ3) is 5.60. The molecule has 37 heavy (non-hydrogen) atoms. The van der Waals surface area contributed by atoms with Crippen LogP contribution in [0.5, 0.6) is 0 Å². The molecule has 2 aliphatic heterocycles. The first kappa shape index (κ1) is 24.8. The van der Waals surface area contributed by atoms with Crippen molar-refractivity contribution in [2.24, 2.45) is 0 Å². The van der Waals surface area contributed by atoms with Crippen molar-refractivity contribution < 1.29 is 9.53 Å². The summed E-state index contributed by atoms with van der Waals surface area (Å²) in [6, 6.07) is 9.43. The lowest BCUT2D eigenvalue weighted by Gasteiger charge is -2.34. The van der Waals surface area contributed by atoms with Crippen molar-refractivity contribution in [3.63, 3.8) is 0 Å². The van der Waals surface area contributed by atoms with Crippen molar-refractivity contribution in [3.8, 4) is 0 Å². The Morgan fingerprint density at radius 1 is 0.946 bits per heavy atom. The van der Waals surface area contributed by atoms with E-state index in [0.717, 1.165) is 61.9 Å². The van der Waals surface area contributed by atoms with Crippen LogP contribution >= 0.6 is 0 Å². The first-order valence-electron chi connectivity index (χ1n) is 12.6. The van der Waals surface area contributed by atoms with E-state index < -0.39 is 11.5 Å². The fourth-order valence-electron chi connectivity index (χ4n) is 4.73. The minimum absolute atomic E-state index is 0.0156. The zero-order valence-electron chi connectivity index (χ0n) is 21.3. The molecule has 2 fully saturated rings. The minimum atomic E-state index is -0.480. The molecule has 3 N–H and O–H groups in total. The second kappa shape index (κ2) is 11.0. The van der Waals surface area contributed by atoms with Gasteiger partial charge in [0, 0.05) is 56.8 Å². The molecule has 2 aliphatic rings. The Hall–Kier alpha value is -3.89. The molecule has 10 heteroatoms. The van der Waals surface area contributed by atoms with Crippen molar-refractivity contribution in [3.05, 3.63) is 70.4 Å². The first-order chi connectivity index (χ1) is 18.0. The van der Waals surface area contributed by atoms with Gasteiger partial charge in [-0.1, -0.05) is 0 Å². The van der Waals surface area contributed by atoms with E-state index >= 15 is 0 Å². The number of aromatic amines is 1. The van der Waals surface area contributed by atoms with Crippen LogP contribution in [0.2, 0.25) is 0 Å². The number of amides is 1. The molecule has 0 atom stereocenters. The Kier molecular flexibility index (Phi) is 7.38. The number of rotatable bonds is 6. The fraction of sp³-hybridized carbons (Fsp3) is 0.370. The predicted octanol–water partition coefficient (Wildman–Crippen LogP) is 2.66. The Morgan fingerprint density at radius 3 is 2.41 bits per heavy atom. The van der Waals surface area contributed by atoms with Gasteiger partial charge in [0.1, 0.15) is 5.56 Å². The number of carbonyl (C=O) groups excluding carboxylic acids is 1. The summed E-state index contributed by atoms with van der Waals surface area (Å²) in [5.74, 6) is -0.480. The minimum Gasteiger partial charge on any atom is -0.378 e. The monoisotopic (exact) mass is 503 g/mol. The van der Waals surface area contributed by atoms with Crippen molar-refractivity contribution in [2.45, 2.75) is 6.92 Å². The van der Waals surface area contributed by atoms with Gasteiger partial charge in [0.25, 0.3) is 11.5 Å². The van der Waals surface area contributed by atoms with Gasteiger partial charge in [-0.3, -0.25) is 14.6 Å². The molecule has 0 bridgehead atoms. The van der Waals surface area contributed by atoms with Crippen LogP contribution in [-0.2, 0) is 4.74 Å². The number of nitrogens with zero attached hydrogens (tertiary/aromatic N) is 4. The van der Waals surface area contributed by atoms with E-state index in [1.165, 1.54) is 6.20 Å². The molecule has 0 radical (unpaired) electrons. The number of piperazine rings is 1. The molecular weight excluding hydrogens is 470 g/mol. The summed E-state index contributed by atoms with van der Waals surface area (Å²) in [5, 5.41) is 6.15. The van der Waals surface area contributed by atoms with Gasteiger partial charge < -0.3 is 35.1 Å². The summed E-state index contributed by atoms with van der Waals surface area (Å²) in [6.07, 6.45) is 5.07. The van der Waals surface area contributed by atoms with Gasteiger partial charge in [0.15, 0.2) is 0 Å². The highest BCUT2D eigenvalue weighted by Gasteiger charge is 2.20. The van der Waals surface area contributed by atoms with Gasteiger partial charge in [0.2, 0.25) is 0 Å². The van der Waals surface area contributed by atoms with Crippen LogP contribution in [0.1, 0.15) is 15.9 Å². The van der Waals surface area contributed by atoms with Crippen LogP contribution in [0, 0.1) is 6.92 Å². The lowest BCUT2D eigenvalue weighted by atomic mass is 10.1. The van der Waals surface area contributed by atoms with Crippen LogP contribution in [0.25, 0.3) is 0 Å². The molecule has 3 aromatic rings. The van der Waals surface area contributed by atoms with Gasteiger partial charge in [-0.25, -0.2) is 0 Å².